The van der Waals surface area contributed by atoms with Gasteiger partial charge >= 0.3 is 6.09 Å². The van der Waals surface area contributed by atoms with E-state index in [0.717, 1.165) is 18.2 Å². The van der Waals surface area contributed by atoms with E-state index in [2.05, 4.69) is 10.6 Å². The van der Waals surface area contributed by atoms with Crippen molar-refractivity contribution in [3.63, 3.8) is 0 Å². The number of nitrogens with zero attached hydrogens (tertiary/aromatic N) is 1. The molecule has 1 atom stereocenters. The van der Waals surface area contributed by atoms with Gasteiger partial charge in [-0.1, -0.05) is 19.9 Å². The topological polar surface area (TPSA) is 108 Å². The average Bonchev–Trinajstić information content (AvgIpc) is 2.60. The number of likely N-dealkylation sites (tertiary alicyclic amines) is 1. The van der Waals surface area contributed by atoms with Gasteiger partial charge in [0.15, 0.2) is 0 Å². The molecule has 1 saturated heterocycles. The Bertz CT molecular complexity index is 828. The predicted octanol–water partition coefficient (Wildman–Crippen LogP) is 1.82. The van der Waals surface area contributed by atoms with E-state index >= 15 is 0 Å². The predicted molar refractivity (Wildman–Crippen MR) is 108 cm³/mol. The Morgan fingerprint density at radius 1 is 1.19 bits per heavy atom. The third-order valence-electron chi connectivity index (χ3n) is 4.64. The maximum Gasteiger partial charge on any atom is 0.410 e. The first-order valence-corrected chi connectivity index (χ1v) is 9.95. The summed E-state index contributed by atoms with van der Waals surface area (Å²) in [6.07, 6.45) is -0.567. The zero-order valence-electron chi connectivity index (χ0n) is 18.3. The quantitative estimate of drug-likeness (QED) is 0.624. The molecular formula is C21H29F2N3O5. The first kappa shape index (κ1) is 24.5. The van der Waals surface area contributed by atoms with Gasteiger partial charge in [0.1, 0.15) is 34.4 Å². The summed E-state index contributed by atoms with van der Waals surface area (Å²) in [5.41, 5.74) is -2.78. The molecule has 0 radical (unpaired) electrons. The number of ether oxygens (including phenoxy) is 1. The van der Waals surface area contributed by atoms with Gasteiger partial charge in [-0.05, 0) is 38.8 Å². The molecule has 1 aliphatic rings. The first-order valence-electron chi connectivity index (χ1n) is 9.95. The summed E-state index contributed by atoms with van der Waals surface area (Å²) in [5, 5.41) is 15.4. The Labute approximate surface area is 179 Å². The smallest absolute Gasteiger partial charge is 0.410 e. The maximum atomic E-state index is 13.8. The van der Waals surface area contributed by atoms with Crippen LogP contribution < -0.4 is 10.6 Å². The summed E-state index contributed by atoms with van der Waals surface area (Å²) in [7, 11) is 0. The van der Waals surface area contributed by atoms with Crippen LogP contribution in [-0.4, -0.2) is 64.8 Å². The van der Waals surface area contributed by atoms with Crippen LogP contribution in [0.4, 0.5) is 13.6 Å². The maximum absolute atomic E-state index is 13.8. The Balaban J connectivity index is 1.93. The SMILES string of the molecule is CC(C)C(NC(=O)c1c(F)cccc1F)C(=O)NCC1(O)CN(C(=O)OC(C)(C)C)C1. The van der Waals surface area contributed by atoms with Crippen LogP contribution in [0, 0.1) is 17.6 Å². The summed E-state index contributed by atoms with van der Waals surface area (Å²) in [6, 6.07) is 1.95. The Hall–Kier alpha value is -2.75. The number of aliphatic hydroxyl groups is 1. The molecule has 31 heavy (non-hydrogen) atoms. The molecular weight excluding hydrogens is 412 g/mol. The molecule has 10 heteroatoms. The molecule has 1 heterocycles. The summed E-state index contributed by atoms with van der Waals surface area (Å²) in [5.74, 6) is -4.14. The van der Waals surface area contributed by atoms with Crippen molar-refractivity contribution < 1.29 is 33.0 Å². The second kappa shape index (κ2) is 9.17. The number of amides is 3. The molecule has 1 aromatic carbocycles. The Morgan fingerprint density at radius 2 is 1.74 bits per heavy atom. The lowest BCUT2D eigenvalue weighted by molar-refractivity contribution is -0.129. The van der Waals surface area contributed by atoms with Crippen molar-refractivity contribution >= 4 is 17.9 Å². The summed E-state index contributed by atoms with van der Waals surface area (Å²) in [6.45, 7) is 8.27. The second-order valence-corrected chi connectivity index (χ2v) is 9.07. The standard InChI is InChI=1S/C21H29F2N3O5/c1-12(2)16(25-17(27)15-13(22)7-6-8-14(15)23)18(28)24-9-21(30)10-26(11-21)19(29)31-20(3,4)5/h6-8,12,16,30H,9-11H2,1-5H3,(H,24,28)(H,25,27). The summed E-state index contributed by atoms with van der Waals surface area (Å²) in [4.78, 5) is 38.2. The van der Waals surface area contributed by atoms with Crippen LogP contribution in [0.2, 0.25) is 0 Å². The van der Waals surface area contributed by atoms with Gasteiger partial charge < -0.3 is 25.4 Å². The molecule has 0 aromatic heterocycles. The van der Waals surface area contributed by atoms with Crippen molar-refractivity contribution in [3.8, 4) is 0 Å². The normalized spacial score (nSPS) is 16.4. The van der Waals surface area contributed by atoms with Crippen molar-refractivity contribution in [3.05, 3.63) is 35.4 Å². The van der Waals surface area contributed by atoms with Crippen molar-refractivity contribution in [1.29, 1.82) is 0 Å². The lowest BCUT2D eigenvalue weighted by atomic mass is 9.94. The van der Waals surface area contributed by atoms with Crippen molar-refractivity contribution in [2.24, 2.45) is 5.92 Å². The minimum atomic E-state index is -1.34. The van der Waals surface area contributed by atoms with Crippen LogP contribution in [0.1, 0.15) is 45.0 Å². The molecule has 8 nitrogen and oxygen atoms in total. The number of carbonyl (C=O) groups is 3. The largest absolute Gasteiger partial charge is 0.444 e. The monoisotopic (exact) mass is 441 g/mol. The molecule has 0 saturated carbocycles. The molecule has 0 bridgehead atoms. The van der Waals surface area contributed by atoms with Crippen molar-refractivity contribution in [1.82, 2.24) is 15.5 Å². The highest BCUT2D eigenvalue weighted by molar-refractivity contribution is 5.98. The van der Waals surface area contributed by atoms with Crippen LogP contribution in [0.25, 0.3) is 0 Å². The third-order valence-corrected chi connectivity index (χ3v) is 4.64. The number of halogens is 2. The zero-order chi connectivity index (χ0) is 23.6. The molecule has 0 spiro atoms. The number of hydrogen-bond donors (Lipinski definition) is 3. The van der Waals surface area contributed by atoms with Gasteiger partial charge in [0.2, 0.25) is 5.91 Å². The van der Waals surface area contributed by atoms with E-state index in [0.29, 0.717) is 0 Å². The fourth-order valence-electron chi connectivity index (χ4n) is 3.06. The van der Waals surface area contributed by atoms with E-state index in [9.17, 15) is 28.3 Å². The highest BCUT2D eigenvalue weighted by atomic mass is 19.1. The van der Waals surface area contributed by atoms with Crippen molar-refractivity contribution in [2.75, 3.05) is 19.6 Å². The summed E-state index contributed by atoms with van der Waals surface area (Å²) >= 11 is 0. The van der Waals surface area contributed by atoms with Gasteiger partial charge in [0, 0.05) is 6.54 Å². The van der Waals surface area contributed by atoms with Gasteiger partial charge in [-0.2, -0.15) is 0 Å². The van der Waals surface area contributed by atoms with Gasteiger partial charge in [0.05, 0.1) is 13.1 Å². The van der Waals surface area contributed by atoms with Crippen LogP contribution in [0.5, 0.6) is 0 Å². The number of benzene rings is 1. The highest BCUT2D eigenvalue weighted by Gasteiger charge is 2.45. The van der Waals surface area contributed by atoms with Crippen LogP contribution in [0.15, 0.2) is 18.2 Å². The zero-order valence-corrected chi connectivity index (χ0v) is 18.3. The lowest BCUT2D eigenvalue weighted by Gasteiger charge is -2.46. The Kier molecular flexibility index (Phi) is 7.25. The van der Waals surface area contributed by atoms with E-state index in [1.54, 1.807) is 34.6 Å². The molecule has 1 aliphatic heterocycles. The lowest BCUT2D eigenvalue weighted by Crippen LogP contribution is -2.68. The van der Waals surface area contributed by atoms with Crippen LogP contribution >= 0.6 is 0 Å². The van der Waals surface area contributed by atoms with Gasteiger partial charge in [0.25, 0.3) is 5.91 Å². The fourth-order valence-corrected chi connectivity index (χ4v) is 3.06. The molecule has 172 valence electrons. The van der Waals surface area contributed by atoms with Gasteiger partial charge in [-0.15, -0.1) is 0 Å². The second-order valence-electron chi connectivity index (χ2n) is 9.07. The number of β-amino-alcohol motifs (C(OH)–C–C–N with tert-alkyl or cyclic N) is 1. The number of nitrogens with one attached hydrogen (secondary N) is 2. The van der Waals surface area contributed by atoms with E-state index in [-0.39, 0.29) is 19.6 Å². The highest BCUT2D eigenvalue weighted by Crippen LogP contribution is 2.23. The minimum Gasteiger partial charge on any atom is -0.444 e. The summed E-state index contributed by atoms with van der Waals surface area (Å²) < 4.78 is 32.9. The Morgan fingerprint density at radius 3 is 2.23 bits per heavy atom. The van der Waals surface area contributed by atoms with Crippen LogP contribution in [0.3, 0.4) is 0 Å². The molecule has 1 aromatic rings. The van der Waals surface area contributed by atoms with E-state index in [1.807, 2.05) is 0 Å². The number of rotatable bonds is 6. The first-order chi connectivity index (χ1) is 14.2. The molecule has 0 aliphatic carbocycles. The minimum absolute atomic E-state index is 0.0265. The molecule has 1 unspecified atom stereocenters. The van der Waals surface area contributed by atoms with Gasteiger partial charge in [-0.25, -0.2) is 13.6 Å². The number of carbonyl (C=O) groups excluding carboxylic acids is 3. The van der Waals surface area contributed by atoms with E-state index in [1.165, 1.54) is 4.90 Å². The van der Waals surface area contributed by atoms with E-state index in [4.69, 9.17) is 4.74 Å². The fraction of sp³-hybridized carbons (Fsp3) is 0.571. The van der Waals surface area contributed by atoms with Gasteiger partial charge in [-0.3, -0.25) is 9.59 Å². The van der Waals surface area contributed by atoms with E-state index < -0.39 is 58.3 Å². The molecule has 2 rings (SSSR count). The van der Waals surface area contributed by atoms with Crippen LogP contribution in [-0.2, 0) is 9.53 Å². The average molecular weight is 441 g/mol. The molecule has 3 amide bonds. The van der Waals surface area contributed by atoms with Crippen molar-refractivity contribution in [2.45, 2.75) is 51.9 Å². The third kappa shape index (κ3) is 6.36. The molecule has 3 N–H and O–H groups in total. The number of hydrogen-bond acceptors (Lipinski definition) is 5. The molecule has 1 fully saturated rings.